The molecular weight excluding hydrogens is 370 g/mol. The maximum atomic E-state index is 12.5. The van der Waals surface area contributed by atoms with Gasteiger partial charge in [-0.2, -0.15) is 0 Å². The molecule has 0 aliphatic rings. The zero-order chi connectivity index (χ0) is 18.3. The third kappa shape index (κ3) is 2.58. The Hall–Kier alpha value is -2.70. The summed E-state index contributed by atoms with van der Waals surface area (Å²) in [7, 11) is 0. The lowest BCUT2D eigenvalue weighted by molar-refractivity contribution is 0.0999. The van der Waals surface area contributed by atoms with Crippen molar-refractivity contribution in [2.75, 3.05) is 0 Å². The Kier molecular flexibility index (Phi) is 4.22. The Morgan fingerprint density at radius 2 is 1.85 bits per heavy atom. The van der Waals surface area contributed by atoms with E-state index in [1.165, 1.54) is 11.3 Å². The van der Waals surface area contributed by atoms with Gasteiger partial charge in [0, 0.05) is 22.0 Å². The second kappa shape index (κ2) is 6.55. The summed E-state index contributed by atoms with van der Waals surface area (Å²) in [4.78, 5) is 12.9. The number of carbonyl (C=O) groups excluding carboxylic acids is 1. The molecule has 0 saturated heterocycles. The van der Waals surface area contributed by atoms with Crippen molar-refractivity contribution in [3.63, 3.8) is 0 Å². The van der Waals surface area contributed by atoms with Gasteiger partial charge >= 0.3 is 5.91 Å². The average Bonchev–Trinajstić information content (AvgIpc) is 3.14. The van der Waals surface area contributed by atoms with Gasteiger partial charge in [-0.1, -0.05) is 48.0 Å². The van der Waals surface area contributed by atoms with Crippen LogP contribution in [0.2, 0.25) is 5.02 Å². The second-order valence-electron chi connectivity index (χ2n) is 5.68. The standard InChI is InChI=1S/C19H14ClN3O2S/c1-2-23-13-9-5-3-7-11(13)16(19(23)25)21-22-18(24)17-15(20)12-8-4-6-10-14(12)26-17/h3-10,25H,2H2,1H3. The number of nitrogens with zero attached hydrogens (tertiary/aromatic N) is 3. The van der Waals surface area contributed by atoms with Crippen molar-refractivity contribution in [1.82, 2.24) is 4.57 Å². The molecule has 0 aliphatic heterocycles. The molecule has 0 unspecified atom stereocenters. The van der Waals surface area contributed by atoms with Crippen molar-refractivity contribution in [2.45, 2.75) is 13.5 Å². The second-order valence-corrected chi connectivity index (χ2v) is 7.11. The number of carbonyl (C=O) groups is 1. The average molecular weight is 384 g/mol. The maximum Gasteiger partial charge on any atom is 0.307 e. The van der Waals surface area contributed by atoms with Crippen LogP contribution < -0.4 is 0 Å². The van der Waals surface area contributed by atoms with Crippen molar-refractivity contribution in [2.24, 2.45) is 10.2 Å². The number of azo groups is 1. The third-order valence-electron chi connectivity index (χ3n) is 4.20. The fraction of sp³-hybridized carbons (Fsp3) is 0.105. The highest BCUT2D eigenvalue weighted by Crippen LogP contribution is 2.39. The van der Waals surface area contributed by atoms with Crippen LogP contribution in [0.4, 0.5) is 5.69 Å². The fourth-order valence-electron chi connectivity index (χ4n) is 2.98. The molecule has 4 rings (SSSR count). The van der Waals surface area contributed by atoms with Crippen molar-refractivity contribution >= 4 is 55.5 Å². The summed E-state index contributed by atoms with van der Waals surface area (Å²) in [5, 5.41) is 20.2. The van der Waals surface area contributed by atoms with Gasteiger partial charge in [-0.05, 0) is 19.1 Å². The fourth-order valence-corrected chi connectivity index (χ4v) is 4.37. The minimum atomic E-state index is -0.524. The molecule has 130 valence electrons. The molecule has 7 heteroatoms. The number of aromatic nitrogens is 1. The van der Waals surface area contributed by atoms with Gasteiger partial charge in [-0.3, -0.25) is 4.79 Å². The van der Waals surface area contributed by atoms with Gasteiger partial charge in [0.1, 0.15) is 4.88 Å². The van der Waals surface area contributed by atoms with Crippen LogP contribution in [-0.4, -0.2) is 15.6 Å². The molecule has 0 spiro atoms. The van der Waals surface area contributed by atoms with Crippen molar-refractivity contribution in [1.29, 1.82) is 0 Å². The number of benzene rings is 2. The largest absolute Gasteiger partial charge is 0.493 e. The van der Waals surface area contributed by atoms with Gasteiger partial charge in [0.05, 0.1) is 10.5 Å². The molecule has 2 aromatic carbocycles. The number of para-hydroxylation sites is 1. The van der Waals surface area contributed by atoms with Crippen molar-refractivity contribution in [3.8, 4) is 5.88 Å². The highest BCUT2D eigenvalue weighted by molar-refractivity contribution is 7.21. The molecular formula is C19H14ClN3O2S. The predicted molar refractivity (Wildman–Crippen MR) is 105 cm³/mol. The summed E-state index contributed by atoms with van der Waals surface area (Å²) in [5.41, 5.74) is 1.13. The summed E-state index contributed by atoms with van der Waals surface area (Å²) >= 11 is 7.60. The van der Waals surface area contributed by atoms with Crippen LogP contribution in [-0.2, 0) is 6.54 Å². The number of fused-ring (bicyclic) bond motifs is 2. The first-order valence-corrected chi connectivity index (χ1v) is 9.24. The normalized spacial score (nSPS) is 11.8. The smallest absolute Gasteiger partial charge is 0.307 e. The monoisotopic (exact) mass is 383 g/mol. The number of hydrogen-bond donors (Lipinski definition) is 1. The van der Waals surface area contributed by atoms with E-state index < -0.39 is 5.91 Å². The van der Waals surface area contributed by atoms with Gasteiger partial charge in [0.2, 0.25) is 5.88 Å². The quantitative estimate of drug-likeness (QED) is 0.430. The van der Waals surface area contributed by atoms with Gasteiger partial charge in [-0.25, -0.2) is 0 Å². The van der Waals surface area contributed by atoms with Crippen LogP contribution in [0.5, 0.6) is 5.88 Å². The van der Waals surface area contributed by atoms with Gasteiger partial charge in [0.25, 0.3) is 0 Å². The van der Waals surface area contributed by atoms with Crippen LogP contribution in [0.1, 0.15) is 16.6 Å². The lowest BCUT2D eigenvalue weighted by Gasteiger charge is -2.00. The van der Waals surface area contributed by atoms with Gasteiger partial charge < -0.3 is 9.67 Å². The Balaban J connectivity index is 1.76. The summed E-state index contributed by atoms with van der Waals surface area (Å²) < 4.78 is 2.64. The van der Waals surface area contributed by atoms with Crippen molar-refractivity contribution in [3.05, 3.63) is 58.4 Å². The van der Waals surface area contributed by atoms with E-state index in [1.54, 1.807) is 4.57 Å². The van der Waals surface area contributed by atoms with E-state index in [9.17, 15) is 9.90 Å². The van der Waals surface area contributed by atoms with Crippen LogP contribution in [0.25, 0.3) is 21.0 Å². The minimum absolute atomic E-state index is 0.00677. The lowest BCUT2D eigenvalue weighted by atomic mass is 10.2. The summed E-state index contributed by atoms with van der Waals surface area (Å²) in [5.74, 6) is -0.531. The van der Waals surface area contributed by atoms with Crippen LogP contribution in [0.15, 0.2) is 58.8 Å². The molecule has 0 saturated carbocycles. The number of thiophene rings is 1. The molecule has 2 aromatic heterocycles. The van der Waals surface area contributed by atoms with E-state index in [1.807, 2.05) is 55.5 Å². The van der Waals surface area contributed by atoms with Crippen molar-refractivity contribution < 1.29 is 9.90 Å². The number of aromatic hydroxyl groups is 1. The van der Waals surface area contributed by atoms with E-state index in [0.29, 0.717) is 16.4 Å². The molecule has 26 heavy (non-hydrogen) atoms. The topological polar surface area (TPSA) is 66.9 Å². The maximum absolute atomic E-state index is 12.5. The van der Waals surface area contributed by atoms with E-state index in [4.69, 9.17) is 11.6 Å². The number of hydrogen-bond acceptors (Lipinski definition) is 4. The highest BCUT2D eigenvalue weighted by atomic mass is 35.5. The van der Waals surface area contributed by atoms with Gasteiger partial charge in [0.15, 0.2) is 5.69 Å². The highest BCUT2D eigenvalue weighted by Gasteiger charge is 2.19. The lowest BCUT2D eigenvalue weighted by Crippen LogP contribution is -1.91. The summed E-state index contributed by atoms with van der Waals surface area (Å²) in [6.07, 6.45) is 0. The van der Waals surface area contributed by atoms with E-state index in [-0.39, 0.29) is 11.6 Å². The molecule has 0 atom stereocenters. The Morgan fingerprint density at radius 1 is 1.15 bits per heavy atom. The zero-order valence-corrected chi connectivity index (χ0v) is 15.4. The molecule has 4 aromatic rings. The van der Waals surface area contributed by atoms with Crippen LogP contribution in [0.3, 0.4) is 0 Å². The Bertz CT molecular complexity index is 1180. The molecule has 5 nitrogen and oxygen atoms in total. The number of halogens is 1. The molecule has 1 N–H and O–H groups in total. The molecule has 0 fully saturated rings. The van der Waals surface area contributed by atoms with E-state index in [2.05, 4.69) is 10.2 Å². The number of amides is 1. The van der Waals surface area contributed by atoms with Crippen LogP contribution in [0, 0.1) is 0 Å². The summed E-state index contributed by atoms with van der Waals surface area (Å²) in [6, 6.07) is 15.0. The first-order chi connectivity index (χ1) is 12.6. The molecule has 0 aliphatic carbocycles. The predicted octanol–water partition coefficient (Wildman–Crippen LogP) is 6.16. The number of aryl methyl sites for hydroxylation is 1. The molecule has 2 heterocycles. The molecule has 1 amide bonds. The molecule has 0 radical (unpaired) electrons. The van der Waals surface area contributed by atoms with Crippen LogP contribution >= 0.6 is 22.9 Å². The zero-order valence-electron chi connectivity index (χ0n) is 13.8. The number of rotatable bonds is 3. The van der Waals surface area contributed by atoms with E-state index >= 15 is 0 Å². The first-order valence-electron chi connectivity index (χ1n) is 8.05. The first kappa shape index (κ1) is 16.8. The SMILES string of the molecule is CCn1c(O)c(N=NC(=O)c2sc3ccccc3c2Cl)c2ccccc21. The summed E-state index contributed by atoms with van der Waals surface area (Å²) in [6.45, 7) is 2.51. The van der Waals surface area contributed by atoms with Gasteiger partial charge in [-0.15, -0.1) is 21.6 Å². The molecule has 0 bridgehead atoms. The third-order valence-corrected chi connectivity index (χ3v) is 5.87. The Morgan fingerprint density at radius 3 is 2.58 bits per heavy atom. The Labute approximate surface area is 158 Å². The van der Waals surface area contributed by atoms with E-state index in [0.717, 1.165) is 21.0 Å². The minimum Gasteiger partial charge on any atom is -0.493 e.